The fourth-order valence-corrected chi connectivity index (χ4v) is 3.03. The molecule has 0 bridgehead atoms. The van der Waals surface area contributed by atoms with Gasteiger partial charge in [0, 0.05) is 23.7 Å². The van der Waals surface area contributed by atoms with Gasteiger partial charge < -0.3 is 4.90 Å². The molecule has 0 aliphatic carbocycles. The minimum Gasteiger partial charge on any atom is -0.323 e. The molecule has 1 unspecified atom stereocenters. The molecule has 2 aromatic rings. The molecule has 0 N–H and O–H groups in total. The summed E-state index contributed by atoms with van der Waals surface area (Å²) in [5.41, 5.74) is 2.61. The Labute approximate surface area is 131 Å². The van der Waals surface area contributed by atoms with Crippen LogP contribution in [-0.4, -0.2) is 16.0 Å². The van der Waals surface area contributed by atoms with E-state index in [1.165, 1.54) is 11.3 Å². The van der Waals surface area contributed by atoms with Crippen molar-refractivity contribution in [2.45, 2.75) is 45.6 Å². The molecule has 0 saturated carbocycles. The van der Waals surface area contributed by atoms with Crippen LogP contribution < -0.4 is 4.90 Å². The van der Waals surface area contributed by atoms with Crippen molar-refractivity contribution in [3.63, 3.8) is 0 Å². The minimum atomic E-state index is 0.262. The van der Waals surface area contributed by atoms with E-state index in [9.17, 15) is 0 Å². The maximum Gasteiger partial charge on any atom is 0.138 e. The summed E-state index contributed by atoms with van der Waals surface area (Å²) in [7, 11) is 0. The molecule has 0 saturated heterocycles. The first-order valence-corrected chi connectivity index (χ1v) is 7.85. The molecule has 0 amide bonds. The van der Waals surface area contributed by atoms with Crippen LogP contribution in [0.4, 0.5) is 11.5 Å². The molecule has 1 atom stereocenters. The van der Waals surface area contributed by atoms with Crippen LogP contribution >= 0.6 is 11.6 Å². The van der Waals surface area contributed by atoms with E-state index < -0.39 is 0 Å². The molecular formula is C17H20ClN3. The Morgan fingerprint density at radius 3 is 2.76 bits per heavy atom. The smallest absolute Gasteiger partial charge is 0.138 e. The summed E-state index contributed by atoms with van der Waals surface area (Å²) in [6.07, 6.45) is 2.24. The van der Waals surface area contributed by atoms with Crippen LogP contribution in [0, 0.1) is 0 Å². The highest BCUT2D eigenvalue weighted by molar-refractivity contribution is 6.29. The van der Waals surface area contributed by atoms with E-state index in [0.29, 0.717) is 11.2 Å². The van der Waals surface area contributed by atoms with Crippen LogP contribution in [0.25, 0.3) is 0 Å². The maximum atomic E-state index is 6.21. The maximum absolute atomic E-state index is 6.21. The summed E-state index contributed by atoms with van der Waals surface area (Å²) in [5.74, 6) is 1.96. The van der Waals surface area contributed by atoms with Crippen LogP contribution in [0.5, 0.6) is 0 Å². The van der Waals surface area contributed by atoms with Crippen molar-refractivity contribution in [2.24, 2.45) is 0 Å². The number of fused-ring (bicyclic) bond motifs is 1. The van der Waals surface area contributed by atoms with E-state index in [-0.39, 0.29) is 5.92 Å². The summed E-state index contributed by atoms with van der Waals surface area (Å²) in [6.45, 7) is 6.41. The summed E-state index contributed by atoms with van der Waals surface area (Å²) in [4.78, 5) is 11.4. The van der Waals surface area contributed by atoms with Crippen LogP contribution in [0.2, 0.25) is 5.15 Å². The number of anilines is 2. The zero-order valence-corrected chi connectivity index (χ0v) is 13.4. The zero-order chi connectivity index (χ0) is 15.0. The van der Waals surface area contributed by atoms with Crippen molar-refractivity contribution in [3.05, 3.63) is 46.9 Å². The number of halogens is 1. The average Bonchev–Trinajstić information content (AvgIpc) is 2.46. The Hall–Kier alpha value is -1.61. The molecule has 2 heterocycles. The van der Waals surface area contributed by atoms with Crippen molar-refractivity contribution >= 4 is 23.1 Å². The standard InChI is InChI=1S/C17H20ClN3/c1-11(2)17-19-15(18)10-16(20-17)21-12(3)8-9-13-6-4-5-7-14(13)21/h4-7,10-12H,8-9H2,1-3H3. The number of hydrogen-bond donors (Lipinski definition) is 0. The van der Waals surface area contributed by atoms with Gasteiger partial charge in [-0.3, -0.25) is 0 Å². The first-order valence-electron chi connectivity index (χ1n) is 7.48. The molecule has 1 aliphatic rings. The minimum absolute atomic E-state index is 0.262. The summed E-state index contributed by atoms with van der Waals surface area (Å²) in [5, 5.41) is 0.513. The molecule has 0 radical (unpaired) electrons. The van der Waals surface area contributed by atoms with Crippen LogP contribution in [-0.2, 0) is 6.42 Å². The highest BCUT2D eigenvalue weighted by atomic mass is 35.5. The second-order valence-corrected chi connectivity index (χ2v) is 6.34. The third kappa shape index (κ3) is 2.75. The van der Waals surface area contributed by atoms with Gasteiger partial charge in [0.05, 0.1) is 0 Å². The zero-order valence-electron chi connectivity index (χ0n) is 12.7. The van der Waals surface area contributed by atoms with Crippen molar-refractivity contribution in [1.82, 2.24) is 9.97 Å². The number of hydrogen-bond acceptors (Lipinski definition) is 3. The van der Waals surface area contributed by atoms with E-state index in [4.69, 9.17) is 16.6 Å². The number of rotatable bonds is 2. The lowest BCUT2D eigenvalue weighted by atomic mass is 9.96. The molecule has 21 heavy (non-hydrogen) atoms. The monoisotopic (exact) mass is 301 g/mol. The summed E-state index contributed by atoms with van der Waals surface area (Å²) >= 11 is 6.21. The van der Waals surface area contributed by atoms with Crippen molar-refractivity contribution in [2.75, 3.05) is 4.90 Å². The van der Waals surface area contributed by atoms with Gasteiger partial charge in [0.2, 0.25) is 0 Å². The van der Waals surface area contributed by atoms with E-state index >= 15 is 0 Å². The number of nitrogens with zero attached hydrogens (tertiary/aromatic N) is 3. The Bertz CT molecular complexity index is 654. The lowest BCUT2D eigenvalue weighted by molar-refractivity contribution is 0.610. The van der Waals surface area contributed by atoms with Gasteiger partial charge in [-0.2, -0.15) is 0 Å². The fourth-order valence-electron chi connectivity index (χ4n) is 2.84. The lowest BCUT2D eigenvalue weighted by Crippen LogP contribution is -2.34. The van der Waals surface area contributed by atoms with Gasteiger partial charge >= 0.3 is 0 Å². The average molecular weight is 302 g/mol. The third-order valence-corrected chi connectivity index (χ3v) is 4.18. The SMILES string of the molecule is CC(C)c1nc(Cl)cc(N2c3ccccc3CCC2C)n1. The van der Waals surface area contributed by atoms with Crippen molar-refractivity contribution < 1.29 is 0 Å². The number of para-hydroxylation sites is 1. The summed E-state index contributed by atoms with van der Waals surface area (Å²) < 4.78 is 0. The van der Waals surface area contributed by atoms with E-state index in [2.05, 4.69) is 54.9 Å². The van der Waals surface area contributed by atoms with Crippen LogP contribution in [0.1, 0.15) is 44.5 Å². The molecule has 4 heteroatoms. The lowest BCUT2D eigenvalue weighted by Gasteiger charge is -2.36. The van der Waals surface area contributed by atoms with E-state index in [1.54, 1.807) is 0 Å². The van der Waals surface area contributed by atoms with Crippen LogP contribution in [0.3, 0.4) is 0 Å². The van der Waals surface area contributed by atoms with Gasteiger partial charge in [-0.15, -0.1) is 0 Å². The van der Waals surface area contributed by atoms with E-state index in [0.717, 1.165) is 24.5 Å². The Balaban J connectivity index is 2.11. The van der Waals surface area contributed by atoms with Gasteiger partial charge in [0.1, 0.15) is 16.8 Å². The predicted octanol–water partition coefficient (Wildman–Crippen LogP) is 4.73. The molecule has 0 fully saturated rings. The highest BCUT2D eigenvalue weighted by Gasteiger charge is 2.25. The van der Waals surface area contributed by atoms with Gasteiger partial charge in [-0.05, 0) is 31.4 Å². The van der Waals surface area contributed by atoms with E-state index in [1.807, 2.05) is 6.07 Å². The topological polar surface area (TPSA) is 29.0 Å². The molecule has 1 aromatic carbocycles. The fraction of sp³-hybridized carbons (Fsp3) is 0.412. The molecule has 0 spiro atoms. The van der Waals surface area contributed by atoms with Crippen LogP contribution in [0.15, 0.2) is 30.3 Å². The van der Waals surface area contributed by atoms with Crippen molar-refractivity contribution in [1.29, 1.82) is 0 Å². The van der Waals surface area contributed by atoms with Gasteiger partial charge in [-0.25, -0.2) is 9.97 Å². The predicted molar refractivity (Wildman–Crippen MR) is 87.5 cm³/mol. The Morgan fingerprint density at radius 2 is 2.00 bits per heavy atom. The number of benzene rings is 1. The van der Waals surface area contributed by atoms with Gasteiger partial charge in [0.25, 0.3) is 0 Å². The second-order valence-electron chi connectivity index (χ2n) is 5.95. The normalized spacial score (nSPS) is 18.0. The Kier molecular flexibility index (Phi) is 3.85. The van der Waals surface area contributed by atoms with Gasteiger partial charge in [0.15, 0.2) is 0 Å². The molecular weight excluding hydrogens is 282 g/mol. The first kappa shape index (κ1) is 14.3. The molecule has 1 aliphatic heterocycles. The third-order valence-electron chi connectivity index (χ3n) is 3.99. The number of aromatic nitrogens is 2. The highest BCUT2D eigenvalue weighted by Crippen LogP contribution is 2.36. The largest absolute Gasteiger partial charge is 0.323 e. The summed E-state index contributed by atoms with van der Waals surface area (Å²) in [6, 6.07) is 10.8. The second kappa shape index (κ2) is 5.64. The number of aryl methyl sites for hydroxylation is 1. The molecule has 3 rings (SSSR count). The quantitative estimate of drug-likeness (QED) is 0.751. The molecule has 1 aromatic heterocycles. The molecule has 110 valence electrons. The van der Waals surface area contributed by atoms with Crippen molar-refractivity contribution in [3.8, 4) is 0 Å². The Morgan fingerprint density at radius 1 is 1.24 bits per heavy atom. The molecule has 3 nitrogen and oxygen atoms in total. The first-order chi connectivity index (χ1) is 10.1. The van der Waals surface area contributed by atoms with Gasteiger partial charge in [-0.1, -0.05) is 43.6 Å².